The molecule has 2 N–H and O–H groups in total. The second-order valence-electron chi connectivity index (χ2n) is 4.17. The molecule has 1 aromatic carbocycles. The van der Waals surface area contributed by atoms with E-state index >= 15 is 0 Å². The Labute approximate surface area is 107 Å². The van der Waals surface area contributed by atoms with Crippen LogP contribution in [0.25, 0.3) is 11.4 Å². The molecule has 1 aromatic heterocycles. The Morgan fingerprint density at radius 2 is 2.05 bits per heavy atom. The average Bonchev–Trinajstić information content (AvgIpc) is 2.77. The molecule has 0 unspecified atom stereocenters. The first-order valence-electron chi connectivity index (χ1n) is 5.56. The number of halogens is 3. The van der Waals surface area contributed by atoms with E-state index < -0.39 is 12.6 Å². The molecule has 1 heterocycles. The zero-order chi connectivity index (χ0) is 14.0. The number of hydrogen-bond donors (Lipinski definition) is 1. The monoisotopic (exact) mass is 271 g/mol. The topological polar surface area (TPSA) is 69.6 Å². The molecule has 0 aliphatic heterocycles. The maximum atomic E-state index is 12.2. The molecule has 0 fully saturated rings. The van der Waals surface area contributed by atoms with Gasteiger partial charge in [-0.25, -0.2) is 4.68 Å². The van der Waals surface area contributed by atoms with Gasteiger partial charge in [0.1, 0.15) is 0 Å². The fourth-order valence-corrected chi connectivity index (χ4v) is 1.66. The van der Waals surface area contributed by atoms with Crippen LogP contribution in [0, 0.1) is 6.92 Å². The smallest absolute Gasteiger partial charge is 0.390 e. The van der Waals surface area contributed by atoms with E-state index in [9.17, 15) is 13.2 Å². The molecule has 8 heteroatoms. The van der Waals surface area contributed by atoms with Gasteiger partial charge in [-0.15, -0.1) is 5.10 Å². The molecule has 2 aromatic rings. The molecular weight excluding hydrogens is 259 g/mol. The molecule has 5 nitrogen and oxygen atoms in total. The summed E-state index contributed by atoms with van der Waals surface area (Å²) in [6.07, 6.45) is -5.22. The van der Waals surface area contributed by atoms with Crippen molar-refractivity contribution in [1.29, 1.82) is 0 Å². The number of aryl methyl sites for hydroxylation is 2. The Morgan fingerprint density at radius 3 is 2.74 bits per heavy atom. The van der Waals surface area contributed by atoms with E-state index in [4.69, 9.17) is 5.73 Å². The third kappa shape index (κ3) is 3.21. The molecule has 0 radical (unpaired) electrons. The van der Waals surface area contributed by atoms with Crippen LogP contribution in [0.2, 0.25) is 0 Å². The quantitative estimate of drug-likeness (QED) is 0.869. The van der Waals surface area contributed by atoms with Crippen LogP contribution >= 0.6 is 0 Å². The number of aromatic nitrogens is 4. The van der Waals surface area contributed by atoms with Gasteiger partial charge in [0.05, 0.1) is 13.0 Å². The van der Waals surface area contributed by atoms with Crippen molar-refractivity contribution in [3.8, 4) is 11.4 Å². The Bertz CT molecular complexity index is 576. The maximum Gasteiger partial charge on any atom is 0.390 e. The van der Waals surface area contributed by atoms with Gasteiger partial charge in [0.25, 0.3) is 0 Å². The van der Waals surface area contributed by atoms with Crippen molar-refractivity contribution in [2.75, 3.05) is 5.73 Å². The zero-order valence-corrected chi connectivity index (χ0v) is 10.1. The first-order valence-corrected chi connectivity index (χ1v) is 5.56. The van der Waals surface area contributed by atoms with Crippen LogP contribution in [0.1, 0.15) is 12.0 Å². The van der Waals surface area contributed by atoms with Crippen molar-refractivity contribution in [2.45, 2.75) is 26.1 Å². The van der Waals surface area contributed by atoms with Crippen LogP contribution in [0.15, 0.2) is 18.2 Å². The van der Waals surface area contributed by atoms with E-state index in [-0.39, 0.29) is 12.4 Å². The summed E-state index contributed by atoms with van der Waals surface area (Å²) >= 11 is 0. The van der Waals surface area contributed by atoms with Crippen molar-refractivity contribution in [3.63, 3.8) is 0 Å². The summed E-state index contributed by atoms with van der Waals surface area (Å²) in [5.74, 6) is 0.286. The molecule has 0 atom stereocenters. The van der Waals surface area contributed by atoms with Gasteiger partial charge in [-0.05, 0) is 35.0 Å². The van der Waals surface area contributed by atoms with Crippen LogP contribution in [0.5, 0.6) is 0 Å². The fourth-order valence-electron chi connectivity index (χ4n) is 1.66. The first-order chi connectivity index (χ1) is 8.87. The van der Waals surface area contributed by atoms with Crippen LogP contribution in [-0.4, -0.2) is 26.4 Å². The Hall–Kier alpha value is -2.12. The van der Waals surface area contributed by atoms with Crippen LogP contribution < -0.4 is 5.73 Å². The van der Waals surface area contributed by atoms with E-state index in [1.54, 1.807) is 18.2 Å². The highest BCUT2D eigenvalue weighted by molar-refractivity contribution is 5.65. The van der Waals surface area contributed by atoms with Crippen LogP contribution in [0.3, 0.4) is 0 Å². The summed E-state index contributed by atoms with van der Waals surface area (Å²) in [7, 11) is 0. The van der Waals surface area contributed by atoms with E-state index in [1.807, 2.05) is 6.92 Å². The highest BCUT2D eigenvalue weighted by Crippen LogP contribution is 2.25. The van der Waals surface area contributed by atoms with Crippen molar-refractivity contribution in [3.05, 3.63) is 23.8 Å². The minimum absolute atomic E-state index is 0.286. The molecule has 0 aliphatic rings. The predicted molar refractivity (Wildman–Crippen MR) is 63.1 cm³/mol. The minimum Gasteiger partial charge on any atom is -0.399 e. The SMILES string of the molecule is Cc1ccc(N)cc1-c1nnnn1CCC(F)(F)F. The number of anilines is 1. The van der Waals surface area contributed by atoms with Gasteiger partial charge in [0.15, 0.2) is 5.82 Å². The predicted octanol–water partition coefficient (Wildman–Crippen LogP) is 2.18. The number of hydrogen-bond acceptors (Lipinski definition) is 4. The third-order valence-electron chi connectivity index (χ3n) is 2.64. The van der Waals surface area contributed by atoms with Gasteiger partial charge in [0.2, 0.25) is 0 Å². The van der Waals surface area contributed by atoms with E-state index in [2.05, 4.69) is 15.5 Å². The number of nitrogens with two attached hydrogens (primary N) is 1. The maximum absolute atomic E-state index is 12.2. The van der Waals surface area contributed by atoms with Gasteiger partial charge in [-0.2, -0.15) is 13.2 Å². The van der Waals surface area contributed by atoms with Crippen molar-refractivity contribution in [2.24, 2.45) is 0 Å². The average molecular weight is 271 g/mol. The van der Waals surface area contributed by atoms with Crippen molar-refractivity contribution < 1.29 is 13.2 Å². The zero-order valence-electron chi connectivity index (χ0n) is 10.1. The number of nitrogen functional groups attached to an aromatic ring is 1. The van der Waals surface area contributed by atoms with Crippen molar-refractivity contribution >= 4 is 5.69 Å². The van der Waals surface area contributed by atoms with E-state index in [1.165, 1.54) is 0 Å². The second-order valence-corrected chi connectivity index (χ2v) is 4.17. The van der Waals surface area contributed by atoms with Crippen LogP contribution in [-0.2, 0) is 6.54 Å². The second kappa shape index (κ2) is 4.87. The van der Waals surface area contributed by atoms with E-state index in [0.29, 0.717) is 11.3 Å². The lowest BCUT2D eigenvalue weighted by Crippen LogP contribution is -2.14. The summed E-state index contributed by atoms with van der Waals surface area (Å²) < 4.78 is 37.8. The summed E-state index contributed by atoms with van der Waals surface area (Å²) in [6.45, 7) is 1.50. The molecular formula is C11H12F3N5. The molecule has 102 valence electrons. The number of tetrazole rings is 1. The number of rotatable bonds is 3. The summed E-state index contributed by atoms with van der Waals surface area (Å²) in [4.78, 5) is 0. The standard InChI is InChI=1S/C11H12F3N5/c1-7-2-3-8(15)6-9(7)10-16-17-18-19(10)5-4-11(12,13)14/h2-3,6H,4-5,15H2,1H3. The normalized spacial score (nSPS) is 11.8. The molecule has 0 saturated carbocycles. The van der Waals surface area contributed by atoms with Gasteiger partial charge in [-0.1, -0.05) is 6.07 Å². The Morgan fingerprint density at radius 1 is 1.32 bits per heavy atom. The van der Waals surface area contributed by atoms with Crippen LogP contribution in [0.4, 0.5) is 18.9 Å². The van der Waals surface area contributed by atoms with E-state index in [0.717, 1.165) is 10.2 Å². The molecule has 0 spiro atoms. The summed E-state index contributed by atoms with van der Waals surface area (Å²) in [5.41, 5.74) is 7.65. The molecule has 0 amide bonds. The van der Waals surface area contributed by atoms with Gasteiger partial charge in [-0.3, -0.25) is 0 Å². The number of alkyl halides is 3. The lowest BCUT2D eigenvalue weighted by Gasteiger charge is -2.09. The van der Waals surface area contributed by atoms with Gasteiger partial charge in [0, 0.05) is 11.3 Å². The molecule has 19 heavy (non-hydrogen) atoms. The van der Waals surface area contributed by atoms with Gasteiger partial charge >= 0.3 is 6.18 Å². The van der Waals surface area contributed by atoms with Crippen molar-refractivity contribution in [1.82, 2.24) is 20.2 Å². The summed E-state index contributed by atoms with van der Waals surface area (Å²) in [5, 5.41) is 10.8. The highest BCUT2D eigenvalue weighted by Gasteiger charge is 2.27. The number of nitrogens with zero attached hydrogens (tertiary/aromatic N) is 4. The Balaban J connectivity index is 2.31. The lowest BCUT2D eigenvalue weighted by molar-refractivity contribution is -0.137. The molecule has 2 rings (SSSR count). The lowest BCUT2D eigenvalue weighted by atomic mass is 10.1. The fraction of sp³-hybridized carbons (Fsp3) is 0.364. The van der Waals surface area contributed by atoms with Gasteiger partial charge < -0.3 is 5.73 Å². The Kier molecular flexibility index (Phi) is 3.41. The third-order valence-corrected chi connectivity index (χ3v) is 2.64. The largest absolute Gasteiger partial charge is 0.399 e. The minimum atomic E-state index is -4.24. The first kappa shape index (κ1) is 13.3. The molecule has 0 aliphatic carbocycles. The number of benzene rings is 1. The molecule has 0 saturated heterocycles. The highest BCUT2D eigenvalue weighted by atomic mass is 19.4. The molecule has 0 bridgehead atoms. The summed E-state index contributed by atoms with van der Waals surface area (Å²) in [6, 6.07) is 5.13.